The molecule has 0 aliphatic heterocycles. The van der Waals surface area contributed by atoms with E-state index in [1.165, 1.54) is 11.3 Å². The van der Waals surface area contributed by atoms with Gasteiger partial charge in [0.1, 0.15) is 0 Å². The number of nitrogen functional groups attached to an aromatic ring is 1. The summed E-state index contributed by atoms with van der Waals surface area (Å²) in [6, 6.07) is 8.81. The second-order valence-electron chi connectivity index (χ2n) is 3.05. The van der Waals surface area contributed by atoms with Crippen molar-refractivity contribution in [1.82, 2.24) is 0 Å². The van der Waals surface area contributed by atoms with E-state index in [1.54, 1.807) is 24.3 Å². The topological polar surface area (TPSA) is 43.1 Å². The molecule has 2 rings (SSSR count). The number of hydrogen-bond acceptors (Lipinski definition) is 3. The van der Waals surface area contributed by atoms with Crippen LogP contribution in [0.5, 0.6) is 0 Å². The van der Waals surface area contributed by atoms with Crippen LogP contribution in [-0.4, -0.2) is 5.78 Å². The quantitative estimate of drug-likeness (QED) is 0.678. The van der Waals surface area contributed by atoms with E-state index in [9.17, 15) is 4.79 Å². The Balaban J connectivity index is 2.37. The van der Waals surface area contributed by atoms with E-state index in [-0.39, 0.29) is 5.78 Å². The number of ketones is 1. The van der Waals surface area contributed by atoms with Gasteiger partial charge in [-0.2, -0.15) is 0 Å². The van der Waals surface area contributed by atoms with Crippen LogP contribution in [0, 0.1) is 0 Å². The van der Waals surface area contributed by atoms with Gasteiger partial charge < -0.3 is 5.73 Å². The Morgan fingerprint density at radius 3 is 2.40 bits per heavy atom. The van der Waals surface area contributed by atoms with Crippen molar-refractivity contribution in [3.8, 4) is 0 Å². The van der Waals surface area contributed by atoms with E-state index in [1.807, 2.05) is 11.4 Å². The van der Waals surface area contributed by atoms with Crippen LogP contribution >= 0.6 is 27.3 Å². The summed E-state index contributed by atoms with van der Waals surface area (Å²) in [5, 5.41) is 1.88. The number of nitrogens with two attached hydrogens (primary N) is 1. The molecular formula is C11H8BrNOS. The summed E-state index contributed by atoms with van der Waals surface area (Å²) >= 11 is 4.77. The molecule has 2 aromatic rings. The third-order valence-corrected chi connectivity index (χ3v) is 3.83. The van der Waals surface area contributed by atoms with E-state index < -0.39 is 0 Å². The van der Waals surface area contributed by atoms with Crippen LogP contribution in [0.1, 0.15) is 15.2 Å². The zero-order chi connectivity index (χ0) is 10.8. The maximum absolute atomic E-state index is 12.0. The first-order valence-electron chi connectivity index (χ1n) is 4.31. The fourth-order valence-corrected chi connectivity index (χ4v) is 2.73. The standard InChI is InChI=1S/C11H8BrNOS/c12-9-5-6-15-11(9)10(14)7-1-3-8(13)4-2-7/h1-6H,13H2. The van der Waals surface area contributed by atoms with E-state index in [0.717, 1.165) is 9.35 Å². The number of anilines is 1. The number of carbonyl (C=O) groups is 1. The van der Waals surface area contributed by atoms with Gasteiger partial charge in [0.15, 0.2) is 0 Å². The lowest BCUT2D eigenvalue weighted by Gasteiger charge is -1.99. The molecule has 1 aromatic carbocycles. The summed E-state index contributed by atoms with van der Waals surface area (Å²) in [5.41, 5.74) is 6.88. The van der Waals surface area contributed by atoms with Crippen molar-refractivity contribution in [2.24, 2.45) is 0 Å². The van der Waals surface area contributed by atoms with Gasteiger partial charge in [-0.1, -0.05) is 0 Å². The maximum atomic E-state index is 12.0. The van der Waals surface area contributed by atoms with Gasteiger partial charge in [0.05, 0.1) is 4.88 Å². The largest absolute Gasteiger partial charge is 0.399 e. The summed E-state index contributed by atoms with van der Waals surface area (Å²) in [6.45, 7) is 0. The van der Waals surface area contributed by atoms with Crippen molar-refractivity contribution < 1.29 is 4.79 Å². The molecule has 2 nitrogen and oxygen atoms in total. The van der Waals surface area contributed by atoms with E-state index in [0.29, 0.717) is 11.3 Å². The van der Waals surface area contributed by atoms with Gasteiger partial charge in [0.2, 0.25) is 5.78 Å². The van der Waals surface area contributed by atoms with Crippen molar-refractivity contribution in [2.75, 3.05) is 5.73 Å². The second kappa shape index (κ2) is 4.16. The van der Waals surface area contributed by atoms with Crippen LogP contribution in [0.2, 0.25) is 0 Å². The van der Waals surface area contributed by atoms with Crippen molar-refractivity contribution in [3.63, 3.8) is 0 Å². The predicted octanol–water partition coefficient (Wildman–Crippen LogP) is 3.32. The van der Waals surface area contributed by atoms with Crippen LogP contribution < -0.4 is 5.73 Å². The normalized spacial score (nSPS) is 10.2. The summed E-state index contributed by atoms with van der Waals surface area (Å²) < 4.78 is 0.842. The summed E-state index contributed by atoms with van der Waals surface area (Å²) in [4.78, 5) is 12.7. The monoisotopic (exact) mass is 281 g/mol. The third-order valence-electron chi connectivity index (χ3n) is 2.00. The predicted molar refractivity (Wildman–Crippen MR) is 66.3 cm³/mol. The smallest absolute Gasteiger partial charge is 0.204 e. The SMILES string of the molecule is Nc1ccc(C(=O)c2sccc2Br)cc1. The molecule has 0 bridgehead atoms. The van der Waals surface area contributed by atoms with E-state index >= 15 is 0 Å². The lowest BCUT2D eigenvalue weighted by atomic mass is 10.1. The number of rotatable bonds is 2. The Hall–Kier alpha value is -1.13. The zero-order valence-electron chi connectivity index (χ0n) is 7.74. The summed E-state index contributed by atoms with van der Waals surface area (Å²) in [7, 11) is 0. The average molecular weight is 282 g/mol. The Kier molecular flexibility index (Phi) is 2.88. The van der Waals surface area contributed by atoms with Crippen LogP contribution in [-0.2, 0) is 0 Å². The average Bonchev–Trinajstić information content (AvgIpc) is 2.65. The number of carbonyl (C=O) groups excluding carboxylic acids is 1. The minimum atomic E-state index is 0.0249. The molecule has 0 radical (unpaired) electrons. The van der Waals surface area contributed by atoms with Crippen LogP contribution in [0.25, 0.3) is 0 Å². The van der Waals surface area contributed by atoms with Gasteiger partial charge in [-0.05, 0) is 51.6 Å². The molecule has 0 aliphatic carbocycles. The molecule has 0 fully saturated rings. The maximum Gasteiger partial charge on any atom is 0.204 e. The first-order chi connectivity index (χ1) is 7.18. The molecule has 15 heavy (non-hydrogen) atoms. The summed E-state index contributed by atoms with van der Waals surface area (Å²) in [6.07, 6.45) is 0. The van der Waals surface area contributed by atoms with Gasteiger partial charge in [-0.15, -0.1) is 11.3 Å². The molecule has 0 spiro atoms. The van der Waals surface area contributed by atoms with Crippen LogP contribution in [0.15, 0.2) is 40.2 Å². The Morgan fingerprint density at radius 2 is 1.87 bits per heavy atom. The molecule has 4 heteroatoms. The molecule has 0 saturated carbocycles. The number of thiophene rings is 1. The Labute approximate surface area is 99.9 Å². The molecular weight excluding hydrogens is 274 g/mol. The highest BCUT2D eigenvalue weighted by Crippen LogP contribution is 2.25. The first-order valence-corrected chi connectivity index (χ1v) is 5.99. The molecule has 1 aromatic heterocycles. The Morgan fingerprint density at radius 1 is 1.20 bits per heavy atom. The molecule has 1 heterocycles. The van der Waals surface area contributed by atoms with E-state index in [2.05, 4.69) is 15.9 Å². The Bertz CT molecular complexity index is 490. The lowest BCUT2D eigenvalue weighted by molar-refractivity contribution is 0.104. The summed E-state index contributed by atoms with van der Waals surface area (Å²) in [5.74, 6) is 0.0249. The van der Waals surface area contributed by atoms with Crippen molar-refractivity contribution in [1.29, 1.82) is 0 Å². The van der Waals surface area contributed by atoms with Gasteiger partial charge in [-0.25, -0.2) is 0 Å². The number of benzene rings is 1. The molecule has 0 unspecified atom stereocenters. The van der Waals surface area contributed by atoms with Gasteiger partial charge in [0.25, 0.3) is 0 Å². The fraction of sp³-hybridized carbons (Fsp3) is 0. The minimum absolute atomic E-state index is 0.0249. The zero-order valence-corrected chi connectivity index (χ0v) is 10.1. The van der Waals surface area contributed by atoms with Gasteiger partial charge in [0, 0.05) is 15.7 Å². The number of halogens is 1. The molecule has 0 aliphatic rings. The highest BCUT2D eigenvalue weighted by molar-refractivity contribution is 9.10. The molecule has 0 atom stereocenters. The number of hydrogen-bond donors (Lipinski definition) is 1. The second-order valence-corrected chi connectivity index (χ2v) is 4.82. The molecule has 76 valence electrons. The third kappa shape index (κ3) is 2.11. The van der Waals surface area contributed by atoms with Gasteiger partial charge >= 0.3 is 0 Å². The lowest BCUT2D eigenvalue weighted by Crippen LogP contribution is -1.99. The fourth-order valence-electron chi connectivity index (χ4n) is 1.22. The van der Waals surface area contributed by atoms with Crippen LogP contribution in [0.4, 0.5) is 5.69 Å². The van der Waals surface area contributed by atoms with Crippen molar-refractivity contribution in [2.45, 2.75) is 0 Å². The highest BCUT2D eigenvalue weighted by atomic mass is 79.9. The van der Waals surface area contributed by atoms with Crippen molar-refractivity contribution in [3.05, 3.63) is 50.6 Å². The van der Waals surface area contributed by atoms with E-state index in [4.69, 9.17) is 5.73 Å². The molecule has 2 N–H and O–H groups in total. The molecule has 0 amide bonds. The minimum Gasteiger partial charge on any atom is -0.399 e. The van der Waals surface area contributed by atoms with Crippen LogP contribution in [0.3, 0.4) is 0 Å². The first kappa shape index (κ1) is 10.4. The van der Waals surface area contributed by atoms with Crippen molar-refractivity contribution >= 4 is 38.7 Å². The highest BCUT2D eigenvalue weighted by Gasteiger charge is 2.13. The van der Waals surface area contributed by atoms with Gasteiger partial charge in [-0.3, -0.25) is 4.79 Å². The molecule has 0 saturated heterocycles.